The Kier molecular flexibility index (Phi) is 4.07. The number of nitrogens with zero attached hydrogens (tertiary/aromatic N) is 1. The molecule has 0 saturated heterocycles. The third-order valence-electron chi connectivity index (χ3n) is 5.34. The van der Waals surface area contributed by atoms with Gasteiger partial charge in [-0.05, 0) is 30.5 Å². The van der Waals surface area contributed by atoms with E-state index in [0.717, 1.165) is 36.1 Å². The zero-order valence-corrected chi connectivity index (χ0v) is 14.4. The molecule has 1 fully saturated rings. The van der Waals surface area contributed by atoms with Gasteiger partial charge >= 0.3 is 0 Å². The van der Waals surface area contributed by atoms with Crippen LogP contribution < -0.4 is 5.32 Å². The zero-order chi connectivity index (χ0) is 18.1. The molecule has 1 N–H and O–H groups in total. The molecule has 2 aliphatic rings. The van der Waals surface area contributed by atoms with Crippen molar-refractivity contribution in [1.29, 1.82) is 0 Å². The fourth-order valence-electron chi connectivity index (χ4n) is 4.05. The van der Waals surface area contributed by atoms with Gasteiger partial charge in [-0.15, -0.1) is 0 Å². The summed E-state index contributed by atoms with van der Waals surface area (Å²) in [5.41, 5.74) is 1.40. The molecule has 0 atom stereocenters. The van der Waals surface area contributed by atoms with Gasteiger partial charge in [-0.1, -0.05) is 55.3 Å². The number of hydrogen-bond acceptors (Lipinski definition) is 3. The first-order valence-electron chi connectivity index (χ1n) is 8.92. The van der Waals surface area contributed by atoms with Gasteiger partial charge in [0.1, 0.15) is 6.54 Å². The van der Waals surface area contributed by atoms with E-state index in [0.29, 0.717) is 11.1 Å². The van der Waals surface area contributed by atoms with E-state index in [1.165, 1.54) is 0 Å². The molecule has 1 aliphatic carbocycles. The molecule has 0 aromatic heterocycles. The second kappa shape index (κ2) is 6.41. The molecule has 132 valence electrons. The first-order chi connectivity index (χ1) is 12.6. The number of amides is 3. The molecule has 3 amide bonds. The number of carbonyl (C=O) groups excluding carboxylic acids is 3. The van der Waals surface area contributed by atoms with Gasteiger partial charge in [0, 0.05) is 0 Å². The Labute approximate surface area is 152 Å². The van der Waals surface area contributed by atoms with Crippen molar-refractivity contribution in [2.24, 2.45) is 0 Å². The summed E-state index contributed by atoms with van der Waals surface area (Å²) in [6, 6.07) is 16.6. The molecule has 0 spiro atoms. The summed E-state index contributed by atoms with van der Waals surface area (Å²) < 4.78 is 0. The highest BCUT2D eigenvalue weighted by Crippen LogP contribution is 2.38. The summed E-state index contributed by atoms with van der Waals surface area (Å²) in [4.78, 5) is 38.7. The van der Waals surface area contributed by atoms with Gasteiger partial charge in [0.2, 0.25) is 5.91 Å². The van der Waals surface area contributed by atoms with Crippen LogP contribution >= 0.6 is 0 Å². The SMILES string of the molecule is O=C(CN1C(=O)c2ccccc2C1=O)NC1(c2ccccc2)CCCC1. The topological polar surface area (TPSA) is 66.5 Å². The van der Waals surface area contributed by atoms with Crippen molar-refractivity contribution in [2.45, 2.75) is 31.2 Å². The maximum atomic E-state index is 12.7. The predicted octanol–water partition coefficient (Wildman–Crippen LogP) is 2.87. The van der Waals surface area contributed by atoms with Crippen molar-refractivity contribution >= 4 is 17.7 Å². The molecule has 1 aliphatic heterocycles. The van der Waals surface area contributed by atoms with Crippen LogP contribution in [0.2, 0.25) is 0 Å². The van der Waals surface area contributed by atoms with Crippen molar-refractivity contribution in [3.05, 3.63) is 71.3 Å². The Morgan fingerprint density at radius 1 is 0.885 bits per heavy atom. The Morgan fingerprint density at radius 3 is 2.00 bits per heavy atom. The monoisotopic (exact) mass is 348 g/mol. The summed E-state index contributed by atoms with van der Waals surface area (Å²) in [5.74, 6) is -1.10. The van der Waals surface area contributed by atoms with Crippen LogP contribution in [0.3, 0.4) is 0 Å². The summed E-state index contributed by atoms with van der Waals surface area (Å²) >= 11 is 0. The van der Waals surface area contributed by atoms with Crippen LogP contribution in [-0.4, -0.2) is 29.2 Å². The first kappa shape index (κ1) is 16.5. The maximum absolute atomic E-state index is 12.7. The molecule has 0 bridgehead atoms. The maximum Gasteiger partial charge on any atom is 0.262 e. The van der Waals surface area contributed by atoms with Gasteiger partial charge in [0.15, 0.2) is 0 Å². The standard InChI is InChI=1S/C21H20N2O3/c24-18(14-23-19(25)16-10-4-5-11-17(16)20(23)26)22-21(12-6-7-13-21)15-8-2-1-3-9-15/h1-5,8-11H,6-7,12-14H2,(H,22,24). The smallest absolute Gasteiger partial charge is 0.262 e. The highest BCUT2D eigenvalue weighted by atomic mass is 16.2. The van der Waals surface area contributed by atoms with E-state index >= 15 is 0 Å². The normalized spacial score (nSPS) is 18.1. The van der Waals surface area contributed by atoms with Crippen LogP contribution in [-0.2, 0) is 10.3 Å². The van der Waals surface area contributed by atoms with Gasteiger partial charge in [0.25, 0.3) is 11.8 Å². The number of hydrogen-bond donors (Lipinski definition) is 1. The highest BCUT2D eigenvalue weighted by molar-refractivity contribution is 6.22. The van der Waals surface area contributed by atoms with Crippen LogP contribution in [0.5, 0.6) is 0 Å². The molecule has 4 rings (SSSR count). The molecular weight excluding hydrogens is 328 g/mol. The molecule has 26 heavy (non-hydrogen) atoms. The lowest BCUT2D eigenvalue weighted by Gasteiger charge is -2.31. The lowest BCUT2D eigenvalue weighted by Crippen LogP contribution is -2.49. The Morgan fingerprint density at radius 2 is 1.42 bits per heavy atom. The zero-order valence-electron chi connectivity index (χ0n) is 14.4. The molecule has 0 radical (unpaired) electrons. The second-order valence-corrected chi connectivity index (χ2v) is 6.95. The molecular formula is C21H20N2O3. The van der Waals surface area contributed by atoms with Gasteiger partial charge < -0.3 is 5.32 Å². The summed E-state index contributed by atoms with van der Waals surface area (Å²) in [6.07, 6.45) is 3.82. The van der Waals surface area contributed by atoms with Gasteiger partial charge in [-0.2, -0.15) is 0 Å². The van der Waals surface area contributed by atoms with E-state index in [4.69, 9.17) is 0 Å². The molecule has 1 heterocycles. The number of imide groups is 1. The highest BCUT2D eigenvalue weighted by Gasteiger charge is 2.40. The number of nitrogens with one attached hydrogen (secondary N) is 1. The van der Waals surface area contributed by atoms with Crippen LogP contribution in [0, 0.1) is 0 Å². The first-order valence-corrected chi connectivity index (χ1v) is 8.92. The van der Waals surface area contributed by atoms with Crippen molar-refractivity contribution in [1.82, 2.24) is 10.2 Å². The van der Waals surface area contributed by atoms with Gasteiger partial charge in [-0.25, -0.2) is 0 Å². The molecule has 2 aromatic carbocycles. The number of carbonyl (C=O) groups is 3. The average molecular weight is 348 g/mol. The van der Waals surface area contributed by atoms with Gasteiger partial charge in [0.05, 0.1) is 16.7 Å². The molecule has 5 nitrogen and oxygen atoms in total. The third kappa shape index (κ3) is 2.69. The molecule has 2 aromatic rings. The fraction of sp³-hybridized carbons (Fsp3) is 0.286. The summed E-state index contributed by atoms with van der Waals surface area (Å²) in [7, 11) is 0. The van der Waals surface area contributed by atoms with E-state index in [2.05, 4.69) is 5.32 Å². The molecule has 5 heteroatoms. The minimum absolute atomic E-state index is 0.249. The van der Waals surface area contributed by atoms with E-state index in [9.17, 15) is 14.4 Å². The van der Waals surface area contributed by atoms with Gasteiger partial charge in [-0.3, -0.25) is 19.3 Å². The lowest BCUT2D eigenvalue weighted by atomic mass is 9.88. The van der Waals surface area contributed by atoms with E-state index < -0.39 is 17.4 Å². The Bertz CT molecular complexity index is 835. The third-order valence-corrected chi connectivity index (χ3v) is 5.34. The van der Waals surface area contributed by atoms with Crippen LogP contribution in [0.25, 0.3) is 0 Å². The molecule has 1 saturated carbocycles. The predicted molar refractivity (Wildman–Crippen MR) is 96.5 cm³/mol. The van der Waals surface area contributed by atoms with Crippen molar-refractivity contribution in [3.63, 3.8) is 0 Å². The van der Waals surface area contributed by atoms with E-state index in [1.54, 1.807) is 24.3 Å². The summed E-state index contributed by atoms with van der Waals surface area (Å²) in [5, 5.41) is 3.12. The Balaban J connectivity index is 1.52. The number of fused-ring (bicyclic) bond motifs is 1. The number of benzene rings is 2. The second-order valence-electron chi connectivity index (χ2n) is 6.95. The minimum Gasteiger partial charge on any atom is -0.345 e. The lowest BCUT2D eigenvalue weighted by molar-refractivity contribution is -0.123. The molecule has 0 unspecified atom stereocenters. The van der Waals surface area contributed by atoms with Crippen LogP contribution in [0.4, 0.5) is 0 Å². The average Bonchev–Trinajstić information content (AvgIpc) is 3.23. The number of rotatable bonds is 4. The van der Waals surface area contributed by atoms with Crippen molar-refractivity contribution in [2.75, 3.05) is 6.54 Å². The Hall–Kier alpha value is -2.95. The quantitative estimate of drug-likeness (QED) is 0.864. The minimum atomic E-state index is -0.406. The van der Waals surface area contributed by atoms with E-state index in [-0.39, 0.29) is 12.5 Å². The largest absolute Gasteiger partial charge is 0.345 e. The van der Waals surface area contributed by atoms with Crippen molar-refractivity contribution in [3.8, 4) is 0 Å². The van der Waals surface area contributed by atoms with Crippen LogP contribution in [0.1, 0.15) is 52.0 Å². The summed E-state index contributed by atoms with van der Waals surface area (Å²) in [6.45, 7) is -0.249. The van der Waals surface area contributed by atoms with Crippen molar-refractivity contribution < 1.29 is 14.4 Å². The van der Waals surface area contributed by atoms with Crippen LogP contribution in [0.15, 0.2) is 54.6 Å². The van der Waals surface area contributed by atoms with E-state index in [1.807, 2.05) is 30.3 Å². The fourth-order valence-corrected chi connectivity index (χ4v) is 4.05.